The number of H-pyrrole nitrogens is 1. The van der Waals surface area contributed by atoms with Crippen molar-refractivity contribution in [2.45, 2.75) is 57.1 Å². The highest BCUT2D eigenvalue weighted by Crippen LogP contribution is 2.34. The number of carbonyl (C=O) groups is 2. The Morgan fingerprint density at radius 1 is 1.32 bits per heavy atom. The molecule has 0 saturated heterocycles. The third-order valence-corrected chi connectivity index (χ3v) is 6.73. The molecule has 0 aliphatic heterocycles. The Labute approximate surface area is 171 Å². The van der Waals surface area contributed by atoms with E-state index >= 15 is 0 Å². The number of esters is 1. The summed E-state index contributed by atoms with van der Waals surface area (Å²) in [6, 6.07) is -0.670. The fourth-order valence-electron chi connectivity index (χ4n) is 3.41. The van der Waals surface area contributed by atoms with Crippen LogP contribution in [0.3, 0.4) is 0 Å². The number of aromatic amines is 1. The lowest BCUT2D eigenvalue weighted by Crippen LogP contribution is -2.43. The predicted molar refractivity (Wildman–Crippen MR) is 111 cm³/mol. The smallest absolute Gasteiger partial charge is 0.328 e. The summed E-state index contributed by atoms with van der Waals surface area (Å²) in [5, 5.41) is 3.84. The van der Waals surface area contributed by atoms with E-state index in [0.717, 1.165) is 47.8 Å². The van der Waals surface area contributed by atoms with Crippen LogP contribution in [0.2, 0.25) is 0 Å². The third kappa shape index (κ3) is 4.75. The molecule has 2 aromatic rings. The van der Waals surface area contributed by atoms with Crippen LogP contribution in [0.4, 0.5) is 0 Å². The third-order valence-electron chi connectivity index (χ3n) is 4.67. The number of methoxy groups -OCH3 is 1. The minimum Gasteiger partial charge on any atom is -0.467 e. The molecule has 0 unspecified atom stereocenters. The van der Waals surface area contributed by atoms with Crippen molar-refractivity contribution in [3.8, 4) is 0 Å². The molecule has 2 aromatic heterocycles. The van der Waals surface area contributed by atoms with Crippen LogP contribution < -0.4 is 10.9 Å². The van der Waals surface area contributed by atoms with E-state index in [1.807, 2.05) is 13.8 Å². The first-order chi connectivity index (χ1) is 13.4. The molecule has 0 fully saturated rings. The van der Waals surface area contributed by atoms with E-state index in [0.29, 0.717) is 17.0 Å². The summed E-state index contributed by atoms with van der Waals surface area (Å²) in [6.07, 6.45) is 4.69. The molecule has 28 heavy (non-hydrogen) atoms. The van der Waals surface area contributed by atoms with Gasteiger partial charge in [0, 0.05) is 4.88 Å². The van der Waals surface area contributed by atoms with E-state index in [2.05, 4.69) is 15.3 Å². The molecule has 0 radical (unpaired) electrons. The van der Waals surface area contributed by atoms with Crippen molar-refractivity contribution in [1.82, 2.24) is 15.3 Å². The first-order valence-corrected chi connectivity index (χ1v) is 11.2. The van der Waals surface area contributed by atoms with Crippen LogP contribution in [0.15, 0.2) is 9.95 Å². The second-order valence-electron chi connectivity index (χ2n) is 7.32. The van der Waals surface area contributed by atoms with Crippen LogP contribution >= 0.6 is 23.1 Å². The maximum absolute atomic E-state index is 12.5. The number of nitrogens with zero attached hydrogens (tertiary/aromatic N) is 1. The van der Waals surface area contributed by atoms with Gasteiger partial charge in [0.05, 0.1) is 18.2 Å². The monoisotopic (exact) mass is 423 g/mol. The summed E-state index contributed by atoms with van der Waals surface area (Å²) in [5.74, 6) is -0.453. The number of aryl methyl sites for hydroxylation is 2. The topological polar surface area (TPSA) is 101 Å². The number of fused-ring (bicyclic) bond motifs is 3. The number of rotatable bonds is 7. The highest BCUT2D eigenvalue weighted by molar-refractivity contribution is 7.99. The van der Waals surface area contributed by atoms with E-state index in [1.165, 1.54) is 12.0 Å². The summed E-state index contributed by atoms with van der Waals surface area (Å²) in [4.78, 5) is 46.0. The van der Waals surface area contributed by atoms with Gasteiger partial charge in [-0.05, 0) is 43.6 Å². The van der Waals surface area contributed by atoms with Crippen molar-refractivity contribution in [3.05, 3.63) is 20.8 Å². The van der Waals surface area contributed by atoms with E-state index < -0.39 is 12.0 Å². The molecule has 0 spiro atoms. The minimum atomic E-state index is -0.670. The zero-order valence-corrected chi connectivity index (χ0v) is 17.9. The summed E-state index contributed by atoms with van der Waals surface area (Å²) in [5.41, 5.74) is 1.00. The highest BCUT2D eigenvalue weighted by atomic mass is 32.2. The van der Waals surface area contributed by atoms with Gasteiger partial charge in [0.2, 0.25) is 5.91 Å². The summed E-state index contributed by atoms with van der Waals surface area (Å²) >= 11 is 2.74. The van der Waals surface area contributed by atoms with Crippen LogP contribution in [0.1, 0.15) is 43.6 Å². The molecule has 1 amide bonds. The predicted octanol–water partition coefficient (Wildman–Crippen LogP) is 2.66. The lowest BCUT2D eigenvalue weighted by atomic mass is 9.97. The molecule has 2 heterocycles. The molecular weight excluding hydrogens is 398 g/mol. The number of aromatic nitrogens is 2. The van der Waals surface area contributed by atoms with Gasteiger partial charge in [0.25, 0.3) is 5.56 Å². The average molecular weight is 424 g/mol. The molecule has 1 aliphatic carbocycles. The lowest BCUT2D eigenvalue weighted by Gasteiger charge is -2.18. The Hall–Kier alpha value is -1.87. The zero-order chi connectivity index (χ0) is 20.3. The number of ether oxygens (including phenoxy) is 1. The Morgan fingerprint density at radius 2 is 2.07 bits per heavy atom. The normalized spacial score (nSPS) is 14.7. The fourth-order valence-corrected chi connectivity index (χ4v) is 5.40. The van der Waals surface area contributed by atoms with Crippen molar-refractivity contribution in [1.29, 1.82) is 0 Å². The van der Waals surface area contributed by atoms with E-state index in [-0.39, 0.29) is 23.1 Å². The van der Waals surface area contributed by atoms with Crippen molar-refractivity contribution in [2.24, 2.45) is 5.92 Å². The van der Waals surface area contributed by atoms with Crippen LogP contribution in [0, 0.1) is 5.92 Å². The van der Waals surface area contributed by atoms with Crippen LogP contribution in [-0.2, 0) is 27.2 Å². The maximum Gasteiger partial charge on any atom is 0.328 e. The van der Waals surface area contributed by atoms with Gasteiger partial charge in [-0.2, -0.15) is 0 Å². The van der Waals surface area contributed by atoms with E-state index in [1.54, 1.807) is 11.3 Å². The molecule has 0 aromatic carbocycles. The molecule has 9 heteroatoms. The number of carbonyl (C=O) groups excluding carboxylic acids is 2. The molecular formula is C19H25N3O4S2. The van der Waals surface area contributed by atoms with E-state index in [4.69, 9.17) is 4.74 Å². The largest absolute Gasteiger partial charge is 0.467 e. The van der Waals surface area contributed by atoms with Crippen molar-refractivity contribution in [3.63, 3.8) is 0 Å². The highest BCUT2D eigenvalue weighted by Gasteiger charge is 2.23. The Morgan fingerprint density at radius 3 is 2.79 bits per heavy atom. The standard InChI is InChI=1S/C19H25N3O4S2/c1-10(2)8-12(18(25)26-3)20-14(23)9-27-19-21-16(24)15-11-6-4-5-7-13(11)28-17(15)22-19/h10,12H,4-9H2,1-3H3,(H,20,23)(H,21,22,24)/t12-/m0/s1. The molecule has 1 atom stereocenters. The van der Waals surface area contributed by atoms with Crippen LogP contribution in [0.25, 0.3) is 10.2 Å². The number of nitrogens with one attached hydrogen (secondary N) is 2. The quantitative estimate of drug-likeness (QED) is 0.403. The van der Waals surface area contributed by atoms with Crippen LogP contribution in [0.5, 0.6) is 0 Å². The molecule has 7 nitrogen and oxygen atoms in total. The molecule has 3 rings (SSSR count). The van der Waals surface area contributed by atoms with Gasteiger partial charge in [0.15, 0.2) is 5.16 Å². The second-order valence-corrected chi connectivity index (χ2v) is 9.37. The number of thiophene rings is 1. The van der Waals surface area contributed by atoms with Crippen molar-refractivity contribution < 1.29 is 14.3 Å². The molecule has 0 bridgehead atoms. The number of hydrogen-bond acceptors (Lipinski definition) is 7. The average Bonchev–Trinajstić information content (AvgIpc) is 3.03. The Bertz CT molecular complexity index is 935. The lowest BCUT2D eigenvalue weighted by molar-refractivity contribution is -0.145. The summed E-state index contributed by atoms with van der Waals surface area (Å²) < 4.78 is 4.76. The van der Waals surface area contributed by atoms with Gasteiger partial charge in [-0.3, -0.25) is 9.59 Å². The minimum absolute atomic E-state index is 0.0606. The number of thioether (sulfide) groups is 1. The van der Waals surface area contributed by atoms with Crippen LogP contribution in [-0.4, -0.2) is 40.7 Å². The molecule has 0 saturated carbocycles. The number of hydrogen-bond donors (Lipinski definition) is 2. The van der Waals surface area contributed by atoms with Gasteiger partial charge >= 0.3 is 5.97 Å². The SMILES string of the molecule is COC(=O)[C@H](CC(C)C)NC(=O)CSc1nc2sc3c(c2c(=O)[nH]1)CCCC3. The molecule has 2 N–H and O–H groups in total. The first-order valence-electron chi connectivity index (χ1n) is 9.43. The second kappa shape index (κ2) is 9.09. The van der Waals surface area contributed by atoms with Gasteiger partial charge in [-0.15, -0.1) is 11.3 Å². The number of amides is 1. The van der Waals surface area contributed by atoms with Crippen molar-refractivity contribution in [2.75, 3.05) is 12.9 Å². The molecule has 152 valence electrons. The zero-order valence-electron chi connectivity index (χ0n) is 16.3. The Balaban J connectivity index is 1.68. The van der Waals surface area contributed by atoms with Crippen molar-refractivity contribution >= 4 is 45.2 Å². The van der Waals surface area contributed by atoms with Gasteiger partial charge in [-0.1, -0.05) is 25.6 Å². The summed E-state index contributed by atoms with van der Waals surface area (Å²) in [7, 11) is 1.31. The summed E-state index contributed by atoms with van der Waals surface area (Å²) in [6.45, 7) is 3.95. The van der Waals surface area contributed by atoms with Gasteiger partial charge < -0.3 is 15.0 Å². The van der Waals surface area contributed by atoms with E-state index in [9.17, 15) is 14.4 Å². The van der Waals surface area contributed by atoms with Gasteiger partial charge in [0.1, 0.15) is 10.9 Å². The maximum atomic E-state index is 12.5. The van der Waals surface area contributed by atoms with Gasteiger partial charge in [-0.25, -0.2) is 9.78 Å². The fraction of sp³-hybridized carbons (Fsp3) is 0.579. The molecule has 1 aliphatic rings. The first kappa shape index (κ1) is 20.9. The Kier molecular flexibility index (Phi) is 6.77.